The van der Waals surface area contributed by atoms with Crippen LogP contribution in [0.1, 0.15) is 30.0 Å². The molecule has 0 aliphatic carbocycles. The van der Waals surface area contributed by atoms with Crippen LogP contribution in [0.4, 0.5) is 4.39 Å². The van der Waals surface area contributed by atoms with E-state index in [-0.39, 0.29) is 17.8 Å². The molecule has 6 nitrogen and oxygen atoms in total. The average molecular weight is 379 g/mol. The molecule has 1 fully saturated rings. The van der Waals surface area contributed by atoms with Gasteiger partial charge in [0.2, 0.25) is 5.91 Å². The minimum absolute atomic E-state index is 0.0127. The molecule has 7 heteroatoms. The number of rotatable bonds is 7. The highest BCUT2D eigenvalue weighted by Crippen LogP contribution is 2.20. The Balaban J connectivity index is 1.48. The molecule has 0 bridgehead atoms. The van der Waals surface area contributed by atoms with Crippen molar-refractivity contribution in [2.45, 2.75) is 25.4 Å². The summed E-state index contributed by atoms with van der Waals surface area (Å²) >= 11 is 0. The van der Waals surface area contributed by atoms with Gasteiger partial charge in [-0.3, -0.25) is 4.79 Å². The fraction of sp³-hybridized carbons (Fsp3) is 0.286. The third-order valence-electron chi connectivity index (χ3n) is 5.01. The van der Waals surface area contributed by atoms with E-state index in [2.05, 4.69) is 15.4 Å². The normalized spacial score (nSPS) is 15.2. The van der Waals surface area contributed by atoms with Gasteiger partial charge in [0, 0.05) is 26.1 Å². The molecule has 4 rings (SSSR count). The van der Waals surface area contributed by atoms with E-state index in [9.17, 15) is 9.18 Å². The number of carbonyl (C=O) groups is 1. The van der Waals surface area contributed by atoms with Gasteiger partial charge in [-0.2, -0.15) is 5.10 Å². The summed E-state index contributed by atoms with van der Waals surface area (Å²) in [7, 11) is 0. The van der Waals surface area contributed by atoms with Crippen LogP contribution in [0, 0.1) is 5.82 Å². The molecule has 1 N–H and O–H groups in total. The molecular formula is C21H22FN5O. The van der Waals surface area contributed by atoms with Crippen molar-refractivity contribution in [1.82, 2.24) is 25.0 Å². The van der Waals surface area contributed by atoms with Gasteiger partial charge in [0.15, 0.2) is 0 Å². The second kappa shape index (κ2) is 8.31. The van der Waals surface area contributed by atoms with Gasteiger partial charge in [0.1, 0.15) is 24.2 Å². The van der Waals surface area contributed by atoms with Gasteiger partial charge >= 0.3 is 0 Å². The highest BCUT2D eigenvalue weighted by Gasteiger charge is 2.24. The fourth-order valence-corrected chi connectivity index (χ4v) is 3.51. The van der Waals surface area contributed by atoms with Gasteiger partial charge in [-0.15, -0.1) is 0 Å². The Morgan fingerprint density at radius 3 is 2.71 bits per heavy atom. The van der Waals surface area contributed by atoms with Crippen molar-refractivity contribution in [3.05, 3.63) is 78.1 Å². The maximum Gasteiger partial charge on any atom is 0.222 e. The first-order valence-corrected chi connectivity index (χ1v) is 9.40. The highest BCUT2D eigenvalue weighted by molar-refractivity contribution is 5.78. The SMILES string of the molecule is O=C1CCCN1C[C@@H](NCc1ccc(-n2cncn2)c(F)c1)c1ccccc1. The molecule has 2 aromatic carbocycles. The molecule has 1 aliphatic heterocycles. The zero-order valence-electron chi connectivity index (χ0n) is 15.5. The van der Waals surface area contributed by atoms with Gasteiger partial charge < -0.3 is 10.2 Å². The molecule has 0 spiro atoms. The van der Waals surface area contributed by atoms with Crippen molar-refractivity contribution in [2.75, 3.05) is 13.1 Å². The van der Waals surface area contributed by atoms with Gasteiger partial charge in [-0.1, -0.05) is 36.4 Å². The maximum atomic E-state index is 14.5. The van der Waals surface area contributed by atoms with E-state index in [4.69, 9.17) is 0 Å². The molecule has 0 saturated carbocycles. The van der Waals surface area contributed by atoms with Gasteiger partial charge in [-0.25, -0.2) is 14.1 Å². The lowest BCUT2D eigenvalue weighted by molar-refractivity contribution is -0.128. The first-order valence-electron chi connectivity index (χ1n) is 9.40. The number of benzene rings is 2. The van der Waals surface area contributed by atoms with Crippen molar-refractivity contribution in [2.24, 2.45) is 0 Å². The van der Waals surface area contributed by atoms with Crippen molar-refractivity contribution >= 4 is 5.91 Å². The summed E-state index contributed by atoms with van der Waals surface area (Å²) in [4.78, 5) is 17.8. The monoisotopic (exact) mass is 379 g/mol. The van der Waals surface area contributed by atoms with Crippen molar-refractivity contribution < 1.29 is 9.18 Å². The first kappa shape index (κ1) is 18.3. The van der Waals surface area contributed by atoms with E-state index in [1.165, 1.54) is 23.4 Å². The summed E-state index contributed by atoms with van der Waals surface area (Å²) in [6.45, 7) is 1.91. The Labute approximate surface area is 163 Å². The number of halogens is 1. The van der Waals surface area contributed by atoms with Crippen LogP contribution in [0.25, 0.3) is 5.69 Å². The quantitative estimate of drug-likeness (QED) is 0.686. The molecule has 1 saturated heterocycles. The summed E-state index contributed by atoms with van der Waals surface area (Å²) < 4.78 is 15.9. The Kier molecular flexibility index (Phi) is 5.43. The predicted octanol–water partition coefficient (Wildman–Crippen LogP) is 2.86. The summed E-state index contributed by atoms with van der Waals surface area (Å²) in [5, 5.41) is 7.45. The zero-order chi connectivity index (χ0) is 19.3. The molecule has 1 aliphatic rings. The lowest BCUT2D eigenvalue weighted by Gasteiger charge is -2.25. The molecule has 28 heavy (non-hydrogen) atoms. The summed E-state index contributed by atoms with van der Waals surface area (Å²) in [5.74, 6) is -0.151. The van der Waals surface area contributed by atoms with E-state index in [0.717, 1.165) is 24.1 Å². The molecule has 2 heterocycles. The van der Waals surface area contributed by atoms with Gasteiger partial charge in [0.25, 0.3) is 0 Å². The van der Waals surface area contributed by atoms with Crippen LogP contribution >= 0.6 is 0 Å². The minimum atomic E-state index is -0.351. The third-order valence-corrected chi connectivity index (χ3v) is 5.01. The Bertz CT molecular complexity index is 929. The summed E-state index contributed by atoms with van der Waals surface area (Å²) in [6.07, 6.45) is 4.37. The number of amides is 1. The molecule has 0 unspecified atom stereocenters. The van der Waals surface area contributed by atoms with E-state index in [1.807, 2.05) is 41.3 Å². The number of carbonyl (C=O) groups excluding carboxylic acids is 1. The van der Waals surface area contributed by atoms with E-state index in [1.54, 1.807) is 6.07 Å². The first-order chi connectivity index (χ1) is 13.7. The topological polar surface area (TPSA) is 63.1 Å². The number of aromatic nitrogens is 3. The van der Waals surface area contributed by atoms with Crippen molar-refractivity contribution in [3.63, 3.8) is 0 Å². The number of hydrogen-bond acceptors (Lipinski definition) is 4. The molecule has 144 valence electrons. The Morgan fingerprint density at radius 1 is 1.18 bits per heavy atom. The highest BCUT2D eigenvalue weighted by atomic mass is 19.1. The molecule has 1 atom stereocenters. The van der Waals surface area contributed by atoms with E-state index in [0.29, 0.717) is 25.2 Å². The lowest BCUT2D eigenvalue weighted by Crippen LogP contribution is -2.35. The molecule has 0 radical (unpaired) electrons. The maximum absolute atomic E-state index is 14.5. The Hall–Kier alpha value is -3.06. The zero-order valence-corrected chi connectivity index (χ0v) is 15.5. The van der Waals surface area contributed by atoms with Gasteiger partial charge in [0.05, 0.1) is 6.04 Å². The predicted molar refractivity (Wildman–Crippen MR) is 103 cm³/mol. The number of likely N-dealkylation sites (tertiary alicyclic amines) is 1. The second-order valence-corrected chi connectivity index (χ2v) is 6.91. The largest absolute Gasteiger partial charge is 0.341 e. The minimum Gasteiger partial charge on any atom is -0.341 e. The van der Waals surface area contributed by atoms with Crippen LogP contribution in [-0.4, -0.2) is 38.7 Å². The summed E-state index contributed by atoms with van der Waals surface area (Å²) in [5.41, 5.74) is 2.31. The summed E-state index contributed by atoms with van der Waals surface area (Å²) in [6, 6.07) is 15.1. The average Bonchev–Trinajstić information content (AvgIpc) is 3.38. The van der Waals surface area contributed by atoms with Crippen LogP contribution in [0.15, 0.2) is 61.2 Å². The molecule has 3 aromatic rings. The van der Waals surface area contributed by atoms with Crippen LogP contribution in [0.3, 0.4) is 0 Å². The molecule has 1 aromatic heterocycles. The Morgan fingerprint density at radius 2 is 2.04 bits per heavy atom. The molecular weight excluding hydrogens is 357 g/mol. The standard InChI is InChI=1S/C21H22FN5O/c22-18-11-16(8-9-20(18)27-15-23-14-25-27)12-24-19(17-5-2-1-3-6-17)13-26-10-4-7-21(26)28/h1-3,5-6,8-9,11,14-15,19,24H,4,7,10,12-13H2/t19-/m1/s1. The van der Waals surface area contributed by atoms with Crippen molar-refractivity contribution in [1.29, 1.82) is 0 Å². The number of hydrogen-bond donors (Lipinski definition) is 1. The van der Waals surface area contributed by atoms with Crippen LogP contribution in [0.2, 0.25) is 0 Å². The number of nitrogens with one attached hydrogen (secondary N) is 1. The molecule has 1 amide bonds. The second-order valence-electron chi connectivity index (χ2n) is 6.91. The van der Waals surface area contributed by atoms with Crippen LogP contribution < -0.4 is 5.32 Å². The van der Waals surface area contributed by atoms with E-state index >= 15 is 0 Å². The van der Waals surface area contributed by atoms with Gasteiger partial charge in [-0.05, 0) is 29.7 Å². The fourth-order valence-electron chi connectivity index (χ4n) is 3.51. The van der Waals surface area contributed by atoms with E-state index < -0.39 is 0 Å². The lowest BCUT2D eigenvalue weighted by atomic mass is 10.1. The van der Waals surface area contributed by atoms with Crippen LogP contribution in [-0.2, 0) is 11.3 Å². The van der Waals surface area contributed by atoms with Crippen LogP contribution in [0.5, 0.6) is 0 Å². The number of nitrogens with zero attached hydrogens (tertiary/aromatic N) is 4. The smallest absolute Gasteiger partial charge is 0.222 e. The van der Waals surface area contributed by atoms with Crippen molar-refractivity contribution in [3.8, 4) is 5.69 Å². The third kappa shape index (κ3) is 4.09.